The van der Waals surface area contributed by atoms with Crippen LogP contribution < -0.4 is 10.2 Å². The Labute approximate surface area is 84.1 Å². The fraction of sp³-hybridized carbons (Fsp3) is 0.364. The number of nitrogens with zero attached hydrogens (tertiary/aromatic N) is 2. The molecular formula is C11H13N3. The number of aromatic nitrogens is 1. The molecule has 1 aromatic rings. The average Bonchev–Trinajstić information content (AvgIpc) is 2.30. The van der Waals surface area contributed by atoms with Gasteiger partial charge in [-0.05, 0) is 12.1 Å². The van der Waals surface area contributed by atoms with Crippen LogP contribution in [0.5, 0.6) is 0 Å². The second-order valence-corrected chi connectivity index (χ2v) is 3.26. The largest absolute Gasteiger partial charge is 0.354 e. The first-order valence-electron chi connectivity index (χ1n) is 4.79. The van der Waals surface area contributed by atoms with E-state index in [0.29, 0.717) is 5.69 Å². The molecule has 0 radical (unpaired) electrons. The summed E-state index contributed by atoms with van der Waals surface area (Å²) in [7, 11) is 0. The summed E-state index contributed by atoms with van der Waals surface area (Å²) in [6, 6.07) is 5.82. The zero-order valence-corrected chi connectivity index (χ0v) is 8.03. The Kier molecular flexibility index (Phi) is 2.66. The number of hydrogen-bond acceptors (Lipinski definition) is 3. The zero-order chi connectivity index (χ0) is 9.80. The van der Waals surface area contributed by atoms with Crippen LogP contribution in [0.2, 0.25) is 0 Å². The lowest BCUT2D eigenvalue weighted by Crippen LogP contribution is -2.43. The molecule has 2 heterocycles. The van der Waals surface area contributed by atoms with E-state index < -0.39 is 0 Å². The van der Waals surface area contributed by atoms with Gasteiger partial charge in [-0.25, -0.2) is 4.98 Å². The molecule has 0 aliphatic carbocycles. The van der Waals surface area contributed by atoms with Crippen molar-refractivity contribution in [3.63, 3.8) is 0 Å². The lowest BCUT2D eigenvalue weighted by atomic mass is 10.3. The standard InChI is InChI=1S/C11H13N3/c1-2-10-4-3-5-11(13-10)14-8-6-12-7-9-14/h1,3-5,12H,6-9H2. The predicted molar refractivity (Wildman–Crippen MR) is 57.3 cm³/mol. The number of anilines is 1. The maximum atomic E-state index is 5.30. The highest BCUT2D eigenvalue weighted by Crippen LogP contribution is 2.11. The van der Waals surface area contributed by atoms with Crippen LogP contribution in [-0.2, 0) is 0 Å². The van der Waals surface area contributed by atoms with E-state index in [1.807, 2.05) is 18.2 Å². The average molecular weight is 187 g/mol. The smallest absolute Gasteiger partial charge is 0.130 e. The molecule has 0 unspecified atom stereocenters. The Balaban J connectivity index is 2.18. The Hall–Kier alpha value is -1.53. The third kappa shape index (κ3) is 1.86. The van der Waals surface area contributed by atoms with Gasteiger partial charge in [-0.2, -0.15) is 0 Å². The second-order valence-electron chi connectivity index (χ2n) is 3.26. The predicted octanol–water partition coefficient (Wildman–Crippen LogP) is 0.472. The van der Waals surface area contributed by atoms with Gasteiger partial charge < -0.3 is 10.2 Å². The molecule has 0 saturated carbocycles. The first-order valence-corrected chi connectivity index (χ1v) is 4.79. The third-order valence-corrected chi connectivity index (χ3v) is 2.32. The minimum Gasteiger partial charge on any atom is -0.354 e. The molecule has 0 bridgehead atoms. The lowest BCUT2D eigenvalue weighted by Gasteiger charge is -2.28. The molecule has 1 N–H and O–H groups in total. The van der Waals surface area contributed by atoms with Crippen LogP contribution in [0.15, 0.2) is 18.2 Å². The van der Waals surface area contributed by atoms with Gasteiger partial charge in [0, 0.05) is 26.2 Å². The SMILES string of the molecule is C#Cc1cccc(N2CCNCC2)n1. The van der Waals surface area contributed by atoms with Crippen molar-refractivity contribution in [2.75, 3.05) is 31.1 Å². The van der Waals surface area contributed by atoms with Crippen LogP contribution in [0.25, 0.3) is 0 Å². The maximum absolute atomic E-state index is 5.30. The number of nitrogens with one attached hydrogen (secondary N) is 1. The number of hydrogen-bond donors (Lipinski definition) is 1. The van der Waals surface area contributed by atoms with E-state index >= 15 is 0 Å². The van der Waals surface area contributed by atoms with Crippen molar-refractivity contribution in [2.45, 2.75) is 0 Å². The molecule has 72 valence electrons. The number of rotatable bonds is 1. The van der Waals surface area contributed by atoms with Gasteiger partial charge in [0.25, 0.3) is 0 Å². The molecule has 3 heteroatoms. The number of pyridine rings is 1. The van der Waals surface area contributed by atoms with Crippen LogP contribution in [0.4, 0.5) is 5.82 Å². The van der Waals surface area contributed by atoms with Crippen molar-refractivity contribution in [1.82, 2.24) is 10.3 Å². The highest BCUT2D eigenvalue weighted by Gasteiger charge is 2.10. The first-order chi connectivity index (χ1) is 6.90. The Morgan fingerprint density at radius 2 is 2.14 bits per heavy atom. The van der Waals surface area contributed by atoms with Crippen molar-refractivity contribution >= 4 is 5.82 Å². The van der Waals surface area contributed by atoms with Gasteiger partial charge in [-0.3, -0.25) is 0 Å². The van der Waals surface area contributed by atoms with E-state index in [4.69, 9.17) is 6.42 Å². The van der Waals surface area contributed by atoms with Crippen LogP contribution >= 0.6 is 0 Å². The maximum Gasteiger partial charge on any atom is 0.130 e. The molecule has 0 aromatic carbocycles. The van der Waals surface area contributed by atoms with Crippen LogP contribution in [0.1, 0.15) is 5.69 Å². The highest BCUT2D eigenvalue weighted by atomic mass is 15.2. The van der Waals surface area contributed by atoms with Crippen molar-refractivity contribution in [2.24, 2.45) is 0 Å². The molecule has 3 nitrogen and oxygen atoms in total. The molecule has 2 rings (SSSR count). The summed E-state index contributed by atoms with van der Waals surface area (Å²) < 4.78 is 0. The van der Waals surface area contributed by atoms with Gasteiger partial charge >= 0.3 is 0 Å². The van der Waals surface area contributed by atoms with E-state index in [1.165, 1.54) is 0 Å². The van der Waals surface area contributed by atoms with Gasteiger partial charge in [-0.15, -0.1) is 6.42 Å². The fourth-order valence-corrected chi connectivity index (χ4v) is 1.57. The topological polar surface area (TPSA) is 28.2 Å². The minimum atomic E-state index is 0.709. The van der Waals surface area contributed by atoms with E-state index in [-0.39, 0.29) is 0 Å². The molecule has 1 fully saturated rings. The summed E-state index contributed by atoms with van der Waals surface area (Å²) in [5.41, 5.74) is 0.709. The Morgan fingerprint density at radius 1 is 1.36 bits per heavy atom. The molecule has 1 aromatic heterocycles. The minimum absolute atomic E-state index is 0.709. The monoisotopic (exact) mass is 187 g/mol. The van der Waals surface area contributed by atoms with Crippen molar-refractivity contribution in [3.8, 4) is 12.3 Å². The zero-order valence-electron chi connectivity index (χ0n) is 8.03. The van der Waals surface area contributed by atoms with Crippen LogP contribution in [-0.4, -0.2) is 31.2 Å². The van der Waals surface area contributed by atoms with Gasteiger partial charge in [0.15, 0.2) is 0 Å². The third-order valence-electron chi connectivity index (χ3n) is 2.32. The molecule has 0 atom stereocenters. The van der Waals surface area contributed by atoms with E-state index in [9.17, 15) is 0 Å². The quantitative estimate of drug-likeness (QED) is 0.648. The summed E-state index contributed by atoms with van der Waals surface area (Å²) in [5, 5.41) is 3.30. The fourth-order valence-electron chi connectivity index (χ4n) is 1.57. The Bertz CT molecular complexity index is 348. The summed E-state index contributed by atoms with van der Waals surface area (Å²) >= 11 is 0. The number of terminal acetylenes is 1. The normalized spacial score (nSPS) is 16.4. The van der Waals surface area contributed by atoms with Gasteiger partial charge in [0.05, 0.1) is 0 Å². The molecule has 0 spiro atoms. The van der Waals surface area contributed by atoms with Gasteiger partial charge in [-0.1, -0.05) is 12.0 Å². The molecular weight excluding hydrogens is 174 g/mol. The molecule has 1 aliphatic rings. The molecule has 0 amide bonds. The van der Waals surface area contributed by atoms with E-state index in [1.54, 1.807) is 0 Å². The number of piperazine rings is 1. The molecule has 1 saturated heterocycles. The van der Waals surface area contributed by atoms with Crippen LogP contribution in [0.3, 0.4) is 0 Å². The summed E-state index contributed by atoms with van der Waals surface area (Å²) in [5.74, 6) is 3.54. The van der Waals surface area contributed by atoms with Crippen LogP contribution in [0, 0.1) is 12.3 Å². The highest BCUT2D eigenvalue weighted by molar-refractivity contribution is 5.42. The van der Waals surface area contributed by atoms with Crippen molar-refractivity contribution in [1.29, 1.82) is 0 Å². The second kappa shape index (κ2) is 4.12. The molecule has 1 aliphatic heterocycles. The lowest BCUT2D eigenvalue weighted by molar-refractivity contribution is 0.585. The van der Waals surface area contributed by atoms with Gasteiger partial charge in [0.2, 0.25) is 0 Å². The van der Waals surface area contributed by atoms with Crippen molar-refractivity contribution in [3.05, 3.63) is 23.9 Å². The summed E-state index contributed by atoms with van der Waals surface area (Å²) in [6.07, 6.45) is 5.30. The van der Waals surface area contributed by atoms with Gasteiger partial charge in [0.1, 0.15) is 11.5 Å². The molecule has 14 heavy (non-hydrogen) atoms. The van der Waals surface area contributed by atoms with E-state index in [0.717, 1.165) is 32.0 Å². The summed E-state index contributed by atoms with van der Waals surface area (Å²) in [6.45, 7) is 4.03. The summed E-state index contributed by atoms with van der Waals surface area (Å²) in [4.78, 5) is 6.62. The first kappa shape index (κ1) is 9.04. The Morgan fingerprint density at radius 3 is 2.86 bits per heavy atom. The van der Waals surface area contributed by atoms with E-state index in [2.05, 4.69) is 21.1 Å². The van der Waals surface area contributed by atoms with Crippen molar-refractivity contribution < 1.29 is 0 Å².